The van der Waals surface area contributed by atoms with Crippen molar-refractivity contribution in [3.8, 4) is 0 Å². The number of aromatic nitrogens is 2. The van der Waals surface area contributed by atoms with Gasteiger partial charge < -0.3 is 14.4 Å². The number of likely N-dealkylation sites (tertiary alicyclic amines) is 1. The molecule has 1 aromatic heterocycles. The summed E-state index contributed by atoms with van der Waals surface area (Å²) < 4.78 is 46.5. The molecule has 1 fully saturated rings. The van der Waals surface area contributed by atoms with E-state index in [0.29, 0.717) is 35.9 Å². The predicted molar refractivity (Wildman–Crippen MR) is 88.4 cm³/mol. The number of benzene rings is 1. The van der Waals surface area contributed by atoms with Crippen molar-refractivity contribution in [2.75, 3.05) is 26.8 Å². The van der Waals surface area contributed by atoms with E-state index in [4.69, 9.17) is 4.74 Å². The van der Waals surface area contributed by atoms with Crippen LogP contribution in [0.1, 0.15) is 33.7 Å². The summed E-state index contributed by atoms with van der Waals surface area (Å²) in [6, 6.07) is 4.71. The molecule has 1 aromatic carbocycles. The zero-order valence-electron chi connectivity index (χ0n) is 14.5. The molecule has 3 rings (SSSR count). The number of carbonyl (C=O) groups excluding carboxylic acids is 2. The zero-order chi connectivity index (χ0) is 19.6. The molecule has 1 aliphatic rings. The molecule has 10 heteroatoms. The molecule has 27 heavy (non-hydrogen) atoms. The highest BCUT2D eigenvalue weighted by Crippen LogP contribution is 2.23. The number of H-pyrrole nitrogens is 1. The van der Waals surface area contributed by atoms with Crippen LogP contribution in [0.3, 0.4) is 0 Å². The largest absolute Gasteiger partial charge is 0.464 e. The van der Waals surface area contributed by atoms with Crippen LogP contribution in [-0.4, -0.2) is 66.1 Å². The summed E-state index contributed by atoms with van der Waals surface area (Å²) in [7, 11) is 1.23. The summed E-state index contributed by atoms with van der Waals surface area (Å²) in [5, 5.41) is 7.01. The monoisotopic (exact) mass is 385 g/mol. The van der Waals surface area contributed by atoms with Crippen LogP contribution in [0.4, 0.5) is 13.2 Å². The lowest BCUT2D eigenvalue weighted by molar-refractivity contribution is -0.188. The van der Waals surface area contributed by atoms with Crippen LogP contribution in [0.15, 0.2) is 18.2 Å². The van der Waals surface area contributed by atoms with Crippen LogP contribution in [0.2, 0.25) is 0 Å². The number of aromatic amines is 1. The summed E-state index contributed by atoms with van der Waals surface area (Å²) in [6.45, 7) is -0.816. The number of methoxy groups -OCH3 is 1. The van der Waals surface area contributed by atoms with Crippen LogP contribution in [0, 0.1) is 0 Å². The minimum Gasteiger partial charge on any atom is -0.464 e. The van der Waals surface area contributed by atoms with E-state index in [2.05, 4.69) is 14.9 Å². The Bertz CT molecular complexity index is 850. The number of nitrogens with one attached hydrogen (secondary N) is 1. The molecule has 1 atom stereocenters. The molecule has 1 unspecified atom stereocenters. The number of halogens is 3. The maximum absolute atomic E-state index is 12.8. The Hall–Kier alpha value is -2.62. The van der Waals surface area contributed by atoms with E-state index in [-0.39, 0.29) is 18.1 Å². The fourth-order valence-electron chi connectivity index (χ4n) is 3.05. The average molecular weight is 385 g/mol. The third-order valence-corrected chi connectivity index (χ3v) is 4.34. The number of rotatable bonds is 4. The number of nitrogens with zero attached hydrogens (tertiary/aromatic N) is 2. The van der Waals surface area contributed by atoms with E-state index in [1.54, 1.807) is 12.1 Å². The molecular weight excluding hydrogens is 367 g/mol. The Morgan fingerprint density at radius 3 is 2.85 bits per heavy atom. The molecule has 2 heterocycles. The molecule has 2 aromatic rings. The molecule has 1 saturated heterocycles. The number of carbonyl (C=O) groups is 2. The number of hydrogen-bond donors (Lipinski definition) is 1. The smallest absolute Gasteiger partial charge is 0.411 e. The van der Waals surface area contributed by atoms with Gasteiger partial charge >= 0.3 is 12.1 Å². The third kappa shape index (κ3) is 4.38. The summed E-state index contributed by atoms with van der Waals surface area (Å²) in [4.78, 5) is 26.0. The van der Waals surface area contributed by atoms with Gasteiger partial charge in [-0.05, 0) is 31.0 Å². The number of piperidine rings is 1. The molecule has 1 aliphatic heterocycles. The van der Waals surface area contributed by atoms with Crippen molar-refractivity contribution in [2.45, 2.75) is 25.1 Å². The van der Waals surface area contributed by atoms with Gasteiger partial charge in [-0.3, -0.25) is 9.89 Å². The van der Waals surface area contributed by atoms with Crippen molar-refractivity contribution in [2.24, 2.45) is 0 Å². The fraction of sp³-hybridized carbons (Fsp3) is 0.471. The van der Waals surface area contributed by atoms with Gasteiger partial charge in [0.2, 0.25) is 0 Å². The molecule has 1 amide bonds. The molecule has 0 spiro atoms. The quantitative estimate of drug-likeness (QED) is 0.818. The summed E-state index contributed by atoms with van der Waals surface area (Å²) in [6.07, 6.45) is -4.04. The second-order valence-corrected chi connectivity index (χ2v) is 6.27. The first-order valence-electron chi connectivity index (χ1n) is 8.32. The Balaban J connectivity index is 1.75. The molecule has 7 nitrogen and oxygen atoms in total. The number of fused-ring (bicyclic) bond motifs is 1. The van der Waals surface area contributed by atoms with E-state index in [1.165, 1.54) is 18.1 Å². The first-order valence-corrected chi connectivity index (χ1v) is 8.32. The highest BCUT2D eigenvalue weighted by Gasteiger charge is 2.32. The predicted octanol–water partition coefficient (Wildman–Crippen LogP) is 2.53. The van der Waals surface area contributed by atoms with E-state index < -0.39 is 24.9 Å². The van der Waals surface area contributed by atoms with Crippen molar-refractivity contribution in [1.82, 2.24) is 15.1 Å². The first kappa shape index (κ1) is 19.2. The average Bonchev–Trinajstić information content (AvgIpc) is 3.08. The molecule has 146 valence electrons. The Morgan fingerprint density at radius 1 is 1.37 bits per heavy atom. The van der Waals surface area contributed by atoms with E-state index >= 15 is 0 Å². The molecular formula is C17H18F3N3O4. The highest BCUT2D eigenvalue weighted by atomic mass is 19.4. The van der Waals surface area contributed by atoms with Gasteiger partial charge in [-0.15, -0.1) is 0 Å². The Labute approximate surface area is 152 Å². The summed E-state index contributed by atoms with van der Waals surface area (Å²) in [5.41, 5.74) is 0.940. The Kier molecular flexibility index (Phi) is 5.36. The number of hydrogen-bond acceptors (Lipinski definition) is 5. The van der Waals surface area contributed by atoms with E-state index in [1.807, 2.05) is 0 Å². The minimum atomic E-state index is -4.40. The van der Waals surface area contributed by atoms with Gasteiger partial charge in [0, 0.05) is 24.0 Å². The first-order chi connectivity index (χ1) is 12.8. The lowest BCUT2D eigenvalue weighted by atomic mass is 10.1. The lowest BCUT2D eigenvalue weighted by Gasteiger charge is -2.33. The van der Waals surface area contributed by atoms with E-state index in [0.717, 1.165) is 0 Å². The lowest BCUT2D eigenvalue weighted by Crippen LogP contribution is -2.44. The summed E-state index contributed by atoms with van der Waals surface area (Å²) >= 11 is 0. The van der Waals surface area contributed by atoms with Gasteiger partial charge in [0.1, 0.15) is 6.61 Å². The van der Waals surface area contributed by atoms with Crippen LogP contribution in [0.25, 0.3) is 10.9 Å². The van der Waals surface area contributed by atoms with Crippen LogP contribution in [-0.2, 0) is 9.47 Å². The van der Waals surface area contributed by atoms with Crippen LogP contribution < -0.4 is 0 Å². The SMILES string of the molecule is COC(=O)c1n[nH]c2ccc(C(=O)N3CCCC(OCC(F)(F)F)C3)cc12. The van der Waals surface area contributed by atoms with E-state index in [9.17, 15) is 22.8 Å². The van der Waals surface area contributed by atoms with Gasteiger partial charge in [0.25, 0.3) is 5.91 Å². The van der Waals surface area contributed by atoms with Crippen molar-refractivity contribution in [1.29, 1.82) is 0 Å². The maximum atomic E-state index is 12.8. The van der Waals surface area contributed by atoms with Crippen molar-refractivity contribution >= 4 is 22.8 Å². The standard InChI is InChI=1S/C17H18F3N3O4/c1-26-16(25)14-12-7-10(4-5-13(12)21-22-14)15(24)23-6-2-3-11(8-23)27-9-17(18,19)20/h4-5,7,11H,2-3,6,8-9H2,1H3,(H,21,22). The third-order valence-electron chi connectivity index (χ3n) is 4.34. The Morgan fingerprint density at radius 2 is 2.15 bits per heavy atom. The van der Waals surface area contributed by atoms with Gasteiger partial charge in [0.05, 0.1) is 18.7 Å². The fourth-order valence-corrected chi connectivity index (χ4v) is 3.05. The molecule has 0 radical (unpaired) electrons. The number of ether oxygens (including phenoxy) is 2. The molecule has 0 saturated carbocycles. The van der Waals surface area contributed by atoms with Crippen LogP contribution >= 0.6 is 0 Å². The van der Waals surface area contributed by atoms with Gasteiger partial charge in [-0.2, -0.15) is 18.3 Å². The second-order valence-electron chi connectivity index (χ2n) is 6.27. The molecule has 0 aliphatic carbocycles. The van der Waals surface area contributed by atoms with Gasteiger partial charge in [0.15, 0.2) is 5.69 Å². The van der Waals surface area contributed by atoms with Crippen molar-refractivity contribution in [3.63, 3.8) is 0 Å². The molecule has 0 bridgehead atoms. The maximum Gasteiger partial charge on any atom is 0.411 e. The topological polar surface area (TPSA) is 84.5 Å². The highest BCUT2D eigenvalue weighted by molar-refractivity contribution is 6.05. The number of alkyl halides is 3. The minimum absolute atomic E-state index is 0.0622. The second kappa shape index (κ2) is 7.55. The number of amides is 1. The van der Waals surface area contributed by atoms with Gasteiger partial charge in [-0.1, -0.05) is 0 Å². The number of esters is 1. The molecule has 1 N–H and O–H groups in total. The van der Waals surface area contributed by atoms with Crippen molar-refractivity contribution in [3.05, 3.63) is 29.5 Å². The summed E-state index contributed by atoms with van der Waals surface area (Å²) in [5.74, 6) is -0.973. The zero-order valence-corrected chi connectivity index (χ0v) is 14.5. The normalized spacial score (nSPS) is 17.9. The van der Waals surface area contributed by atoms with Crippen LogP contribution in [0.5, 0.6) is 0 Å². The van der Waals surface area contributed by atoms with Gasteiger partial charge in [-0.25, -0.2) is 4.79 Å². The van der Waals surface area contributed by atoms with Crippen molar-refractivity contribution < 1.29 is 32.2 Å².